The van der Waals surface area contributed by atoms with E-state index in [1.165, 1.54) is 25.8 Å². The number of aryl methyl sites for hydroxylation is 1. The van der Waals surface area contributed by atoms with E-state index in [-0.39, 0.29) is 5.97 Å². The number of carbonyl (C=O) groups is 1. The van der Waals surface area contributed by atoms with E-state index in [1.54, 1.807) is 0 Å². The molecule has 1 aromatic heterocycles. The molecule has 0 radical (unpaired) electrons. The third-order valence-electron chi connectivity index (χ3n) is 3.50. The van der Waals surface area contributed by atoms with Crippen molar-refractivity contribution in [2.45, 2.75) is 25.2 Å². The van der Waals surface area contributed by atoms with Gasteiger partial charge in [0.1, 0.15) is 5.82 Å². The minimum atomic E-state index is -0.215. The first-order valence-electron chi connectivity index (χ1n) is 6.21. The number of hydrogen-bond donors (Lipinski definition) is 0. The van der Waals surface area contributed by atoms with Crippen LogP contribution in [0.1, 0.15) is 30.1 Å². The standard InChI is InChI=1S/C14H16N2O2/c1-16-12-6-3-9(8-13(17)18-2)7-11(12)15-14(16)10-4-5-10/h3,6-7,10H,4-5,8H2,1-2H3. The number of ether oxygens (including phenoxy) is 1. The highest BCUT2D eigenvalue weighted by Gasteiger charge is 2.28. The van der Waals surface area contributed by atoms with Crippen LogP contribution in [0, 0.1) is 0 Å². The van der Waals surface area contributed by atoms with E-state index in [1.807, 2.05) is 18.2 Å². The van der Waals surface area contributed by atoms with Gasteiger partial charge in [0, 0.05) is 13.0 Å². The molecule has 2 aromatic rings. The van der Waals surface area contributed by atoms with E-state index >= 15 is 0 Å². The molecular weight excluding hydrogens is 228 g/mol. The Bertz CT molecular complexity index is 612. The first-order valence-corrected chi connectivity index (χ1v) is 6.21. The first kappa shape index (κ1) is 11.3. The topological polar surface area (TPSA) is 44.1 Å². The molecule has 94 valence electrons. The van der Waals surface area contributed by atoms with Crippen LogP contribution in [0.15, 0.2) is 18.2 Å². The molecule has 1 heterocycles. The second-order valence-corrected chi connectivity index (χ2v) is 4.88. The minimum absolute atomic E-state index is 0.215. The highest BCUT2D eigenvalue weighted by molar-refractivity contribution is 5.79. The maximum absolute atomic E-state index is 11.3. The van der Waals surface area contributed by atoms with Crippen molar-refractivity contribution in [3.8, 4) is 0 Å². The highest BCUT2D eigenvalue weighted by Crippen LogP contribution is 2.40. The second kappa shape index (κ2) is 4.12. The number of benzene rings is 1. The number of nitrogens with zero attached hydrogens (tertiary/aromatic N) is 2. The van der Waals surface area contributed by atoms with E-state index in [9.17, 15) is 4.79 Å². The quantitative estimate of drug-likeness (QED) is 0.777. The van der Waals surface area contributed by atoms with Crippen LogP contribution in [0.2, 0.25) is 0 Å². The molecule has 4 nitrogen and oxygen atoms in total. The summed E-state index contributed by atoms with van der Waals surface area (Å²) < 4.78 is 6.84. The van der Waals surface area contributed by atoms with E-state index in [0.29, 0.717) is 12.3 Å². The lowest BCUT2D eigenvalue weighted by molar-refractivity contribution is -0.139. The van der Waals surface area contributed by atoms with Crippen LogP contribution in [0.5, 0.6) is 0 Å². The second-order valence-electron chi connectivity index (χ2n) is 4.88. The Kier molecular flexibility index (Phi) is 2.58. The fraction of sp³-hybridized carbons (Fsp3) is 0.429. The zero-order chi connectivity index (χ0) is 12.7. The van der Waals surface area contributed by atoms with Gasteiger partial charge in [0.25, 0.3) is 0 Å². The van der Waals surface area contributed by atoms with E-state index in [4.69, 9.17) is 0 Å². The summed E-state index contributed by atoms with van der Waals surface area (Å²) >= 11 is 0. The van der Waals surface area contributed by atoms with Gasteiger partial charge in [-0.3, -0.25) is 4.79 Å². The van der Waals surface area contributed by atoms with Crippen LogP contribution in [0.25, 0.3) is 11.0 Å². The van der Waals surface area contributed by atoms with Gasteiger partial charge in [0.2, 0.25) is 0 Å². The molecule has 3 rings (SSSR count). The maximum Gasteiger partial charge on any atom is 0.309 e. The van der Waals surface area contributed by atoms with Crippen molar-refractivity contribution in [1.29, 1.82) is 0 Å². The summed E-state index contributed by atoms with van der Waals surface area (Å²) in [7, 11) is 3.47. The van der Waals surface area contributed by atoms with Gasteiger partial charge in [-0.25, -0.2) is 4.98 Å². The average molecular weight is 244 g/mol. The van der Waals surface area contributed by atoms with Crippen LogP contribution in [-0.4, -0.2) is 22.6 Å². The van der Waals surface area contributed by atoms with Crippen LogP contribution in [0.4, 0.5) is 0 Å². The predicted octanol–water partition coefficient (Wildman–Crippen LogP) is 2.17. The Morgan fingerprint density at radius 3 is 2.94 bits per heavy atom. The fourth-order valence-corrected chi connectivity index (χ4v) is 2.32. The molecule has 1 aliphatic rings. The number of esters is 1. The predicted molar refractivity (Wildman–Crippen MR) is 68.4 cm³/mol. The maximum atomic E-state index is 11.3. The molecule has 4 heteroatoms. The van der Waals surface area contributed by atoms with Gasteiger partial charge in [-0.1, -0.05) is 6.07 Å². The molecule has 0 atom stereocenters. The molecule has 1 aromatic carbocycles. The summed E-state index contributed by atoms with van der Waals surface area (Å²) in [5.74, 6) is 1.58. The highest BCUT2D eigenvalue weighted by atomic mass is 16.5. The molecule has 0 aliphatic heterocycles. The number of aromatic nitrogens is 2. The number of hydrogen-bond acceptors (Lipinski definition) is 3. The van der Waals surface area contributed by atoms with Gasteiger partial charge < -0.3 is 9.30 Å². The Labute approximate surface area is 106 Å². The van der Waals surface area contributed by atoms with Gasteiger partial charge in [-0.2, -0.15) is 0 Å². The Balaban J connectivity index is 1.99. The third kappa shape index (κ3) is 1.88. The lowest BCUT2D eigenvalue weighted by Gasteiger charge is -2.01. The summed E-state index contributed by atoms with van der Waals surface area (Å²) in [6.45, 7) is 0. The SMILES string of the molecule is COC(=O)Cc1ccc2c(c1)nc(C1CC1)n2C. The molecule has 0 unspecified atom stereocenters. The van der Waals surface area contributed by atoms with Crippen molar-refractivity contribution in [3.05, 3.63) is 29.6 Å². The van der Waals surface area contributed by atoms with Crippen LogP contribution < -0.4 is 0 Å². The third-order valence-corrected chi connectivity index (χ3v) is 3.50. The smallest absolute Gasteiger partial charge is 0.309 e. The van der Waals surface area contributed by atoms with E-state index < -0.39 is 0 Å². The van der Waals surface area contributed by atoms with Crippen LogP contribution in [-0.2, 0) is 23.0 Å². The fourth-order valence-electron chi connectivity index (χ4n) is 2.32. The molecule has 0 N–H and O–H groups in total. The average Bonchev–Trinajstić information content (AvgIpc) is 3.15. The van der Waals surface area contributed by atoms with Gasteiger partial charge >= 0.3 is 5.97 Å². The van der Waals surface area contributed by atoms with Crippen LogP contribution >= 0.6 is 0 Å². The summed E-state index contributed by atoms with van der Waals surface area (Å²) in [6.07, 6.45) is 2.79. The molecule has 1 fully saturated rings. The molecule has 0 amide bonds. The van der Waals surface area contributed by atoms with Gasteiger partial charge in [-0.05, 0) is 30.5 Å². The van der Waals surface area contributed by atoms with Gasteiger partial charge in [-0.15, -0.1) is 0 Å². The normalized spacial score (nSPS) is 15.0. The van der Waals surface area contributed by atoms with Crippen LogP contribution in [0.3, 0.4) is 0 Å². The minimum Gasteiger partial charge on any atom is -0.469 e. The van der Waals surface area contributed by atoms with E-state index in [2.05, 4.69) is 21.3 Å². The van der Waals surface area contributed by atoms with Crippen molar-refractivity contribution in [2.24, 2.45) is 7.05 Å². The van der Waals surface area contributed by atoms with Crippen molar-refractivity contribution < 1.29 is 9.53 Å². The largest absolute Gasteiger partial charge is 0.469 e. The molecule has 0 saturated heterocycles. The van der Waals surface area contributed by atoms with Crippen molar-refractivity contribution in [3.63, 3.8) is 0 Å². The zero-order valence-electron chi connectivity index (χ0n) is 10.6. The molecule has 1 saturated carbocycles. The Morgan fingerprint density at radius 2 is 2.28 bits per heavy atom. The molecule has 0 bridgehead atoms. The van der Waals surface area contributed by atoms with Crippen molar-refractivity contribution in [1.82, 2.24) is 9.55 Å². The first-order chi connectivity index (χ1) is 8.69. The monoisotopic (exact) mass is 244 g/mol. The number of imidazole rings is 1. The number of fused-ring (bicyclic) bond motifs is 1. The van der Waals surface area contributed by atoms with E-state index in [0.717, 1.165) is 16.6 Å². The number of carbonyl (C=O) groups excluding carboxylic acids is 1. The molecule has 1 aliphatic carbocycles. The van der Waals surface area contributed by atoms with Crippen molar-refractivity contribution in [2.75, 3.05) is 7.11 Å². The molecular formula is C14H16N2O2. The zero-order valence-corrected chi connectivity index (χ0v) is 10.6. The number of methoxy groups -OCH3 is 1. The summed E-state index contributed by atoms with van der Waals surface area (Å²) in [4.78, 5) is 15.9. The summed E-state index contributed by atoms with van der Waals surface area (Å²) in [6, 6.07) is 5.99. The molecule has 18 heavy (non-hydrogen) atoms. The molecule has 0 spiro atoms. The Morgan fingerprint density at radius 1 is 1.50 bits per heavy atom. The lowest BCUT2D eigenvalue weighted by Crippen LogP contribution is -2.04. The van der Waals surface area contributed by atoms with Crippen molar-refractivity contribution >= 4 is 17.0 Å². The Hall–Kier alpha value is -1.84. The van der Waals surface area contributed by atoms with Gasteiger partial charge in [0.15, 0.2) is 0 Å². The summed E-state index contributed by atoms with van der Waals surface area (Å²) in [5, 5.41) is 0. The number of rotatable bonds is 3. The van der Waals surface area contributed by atoms with Gasteiger partial charge in [0.05, 0.1) is 24.6 Å². The summed E-state index contributed by atoms with van der Waals surface area (Å²) in [5.41, 5.74) is 3.06. The lowest BCUT2D eigenvalue weighted by atomic mass is 10.1.